The van der Waals surface area contributed by atoms with Gasteiger partial charge in [-0.25, -0.2) is 9.78 Å². The molecule has 1 saturated carbocycles. The molecule has 0 unspecified atom stereocenters. The quantitative estimate of drug-likeness (QED) is 0.786. The summed E-state index contributed by atoms with van der Waals surface area (Å²) in [6.45, 7) is 0. The maximum Gasteiger partial charge on any atom is 0.357 e. The fourth-order valence-corrected chi connectivity index (χ4v) is 2.84. The molecule has 0 aliphatic heterocycles. The van der Waals surface area contributed by atoms with Crippen molar-refractivity contribution in [2.75, 3.05) is 5.73 Å². The number of carboxylic acid groups (broad SMARTS) is 1. The van der Waals surface area contributed by atoms with Gasteiger partial charge in [-0.15, -0.1) is 11.3 Å². The van der Waals surface area contributed by atoms with Gasteiger partial charge in [0.25, 0.3) is 0 Å². The summed E-state index contributed by atoms with van der Waals surface area (Å²) >= 11 is 1.33. The molecule has 0 aromatic carbocycles. The number of nitrogens with zero attached hydrogens (tertiary/aromatic N) is 1. The van der Waals surface area contributed by atoms with Crippen LogP contribution < -0.4 is 5.73 Å². The van der Waals surface area contributed by atoms with Crippen molar-refractivity contribution >= 4 is 22.3 Å². The number of aromatic nitrogens is 1. The van der Waals surface area contributed by atoms with Gasteiger partial charge in [0, 0.05) is 5.92 Å². The van der Waals surface area contributed by atoms with Crippen LogP contribution >= 0.6 is 11.3 Å². The summed E-state index contributed by atoms with van der Waals surface area (Å²) in [5, 5.41) is 10.0. The van der Waals surface area contributed by atoms with Crippen molar-refractivity contribution in [1.82, 2.24) is 4.98 Å². The summed E-state index contributed by atoms with van der Waals surface area (Å²) in [6.07, 6.45) is 4.66. The molecule has 5 heteroatoms. The number of aromatic carboxylic acids is 1. The van der Waals surface area contributed by atoms with Gasteiger partial charge in [0.2, 0.25) is 0 Å². The molecule has 1 fully saturated rings. The topological polar surface area (TPSA) is 76.2 Å². The number of hydrogen-bond acceptors (Lipinski definition) is 4. The number of anilines is 1. The van der Waals surface area contributed by atoms with E-state index in [4.69, 9.17) is 10.8 Å². The zero-order valence-electron chi connectivity index (χ0n) is 7.69. The lowest BCUT2D eigenvalue weighted by atomic mass is 10.1. The zero-order valence-corrected chi connectivity index (χ0v) is 8.51. The molecule has 0 spiro atoms. The van der Waals surface area contributed by atoms with Crippen molar-refractivity contribution in [3.8, 4) is 0 Å². The van der Waals surface area contributed by atoms with E-state index in [1.807, 2.05) is 0 Å². The number of nitrogens with two attached hydrogens (primary N) is 1. The van der Waals surface area contributed by atoms with E-state index < -0.39 is 5.97 Å². The van der Waals surface area contributed by atoms with Crippen LogP contribution in [0.1, 0.15) is 47.1 Å². The molecule has 1 aromatic rings. The van der Waals surface area contributed by atoms with Crippen molar-refractivity contribution in [2.24, 2.45) is 0 Å². The SMILES string of the molecule is Nc1sc(C2CCCC2)nc1C(=O)O. The third kappa shape index (κ3) is 1.59. The smallest absolute Gasteiger partial charge is 0.357 e. The van der Waals surface area contributed by atoms with Gasteiger partial charge >= 0.3 is 5.97 Å². The number of carbonyl (C=O) groups is 1. The molecule has 0 amide bonds. The number of hydrogen-bond donors (Lipinski definition) is 2. The van der Waals surface area contributed by atoms with E-state index in [0.717, 1.165) is 17.8 Å². The Bertz CT molecular complexity index is 356. The first kappa shape index (κ1) is 9.45. The molecule has 14 heavy (non-hydrogen) atoms. The molecule has 0 radical (unpaired) electrons. The van der Waals surface area contributed by atoms with E-state index in [2.05, 4.69) is 4.98 Å². The van der Waals surface area contributed by atoms with E-state index in [-0.39, 0.29) is 5.69 Å². The van der Waals surface area contributed by atoms with Crippen LogP contribution in [0.3, 0.4) is 0 Å². The highest BCUT2D eigenvalue weighted by atomic mass is 32.1. The third-order valence-corrected chi connectivity index (χ3v) is 3.62. The number of thiazole rings is 1. The molecule has 1 aliphatic carbocycles. The van der Waals surface area contributed by atoms with Crippen LogP contribution in [0.4, 0.5) is 5.00 Å². The third-order valence-electron chi connectivity index (χ3n) is 2.58. The first-order chi connectivity index (χ1) is 6.68. The van der Waals surface area contributed by atoms with Crippen molar-refractivity contribution < 1.29 is 9.90 Å². The number of carboxylic acids is 1. The summed E-state index contributed by atoms with van der Waals surface area (Å²) in [7, 11) is 0. The summed E-state index contributed by atoms with van der Waals surface area (Å²) in [5.41, 5.74) is 5.61. The summed E-state index contributed by atoms with van der Waals surface area (Å²) in [5.74, 6) is -0.585. The van der Waals surface area contributed by atoms with Crippen molar-refractivity contribution in [1.29, 1.82) is 0 Å². The zero-order chi connectivity index (χ0) is 10.1. The molecular formula is C9H12N2O2S. The second-order valence-electron chi connectivity index (χ2n) is 3.55. The van der Waals surface area contributed by atoms with Crippen LogP contribution in [0, 0.1) is 0 Å². The van der Waals surface area contributed by atoms with E-state index in [0.29, 0.717) is 10.9 Å². The number of rotatable bonds is 2. The normalized spacial score (nSPS) is 17.4. The van der Waals surface area contributed by atoms with Crippen LogP contribution in [-0.4, -0.2) is 16.1 Å². The fourth-order valence-electron chi connectivity index (χ4n) is 1.85. The van der Waals surface area contributed by atoms with Crippen LogP contribution in [0.25, 0.3) is 0 Å². The molecule has 1 aliphatic rings. The van der Waals surface area contributed by atoms with E-state index in [1.165, 1.54) is 24.2 Å². The predicted octanol–water partition coefficient (Wildman–Crippen LogP) is 2.08. The van der Waals surface area contributed by atoms with Crippen LogP contribution in [0.5, 0.6) is 0 Å². The monoisotopic (exact) mass is 212 g/mol. The molecular weight excluding hydrogens is 200 g/mol. The molecule has 4 nitrogen and oxygen atoms in total. The Balaban J connectivity index is 2.27. The average Bonchev–Trinajstić information content (AvgIpc) is 2.70. The van der Waals surface area contributed by atoms with E-state index in [1.54, 1.807) is 0 Å². The predicted molar refractivity (Wildman–Crippen MR) is 54.7 cm³/mol. The minimum Gasteiger partial charge on any atom is -0.476 e. The standard InChI is InChI=1S/C9H12N2O2S/c10-7-6(9(12)13)11-8(14-7)5-3-1-2-4-5/h5H,1-4,10H2,(H,12,13). The van der Waals surface area contributed by atoms with Gasteiger partial charge in [0.15, 0.2) is 5.69 Å². The van der Waals surface area contributed by atoms with E-state index in [9.17, 15) is 4.79 Å². The molecule has 1 aromatic heterocycles. The Morgan fingerprint density at radius 3 is 2.64 bits per heavy atom. The summed E-state index contributed by atoms with van der Waals surface area (Å²) in [6, 6.07) is 0. The minimum atomic E-state index is -1.03. The van der Waals surface area contributed by atoms with Gasteiger partial charge in [0.1, 0.15) is 5.00 Å². The second kappa shape index (κ2) is 3.57. The lowest BCUT2D eigenvalue weighted by molar-refractivity contribution is 0.0692. The molecule has 1 heterocycles. The Labute approximate surface area is 85.8 Å². The van der Waals surface area contributed by atoms with Gasteiger partial charge in [-0.3, -0.25) is 0 Å². The van der Waals surface area contributed by atoms with E-state index >= 15 is 0 Å². The highest BCUT2D eigenvalue weighted by Gasteiger charge is 2.23. The Kier molecular flexibility index (Phi) is 2.41. The first-order valence-electron chi connectivity index (χ1n) is 4.68. The maximum absolute atomic E-state index is 10.7. The lowest BCUT2D eigenvalue weighted by Gasteiger charge is -2.01. The van der Waals surface area contributed by atoms with Crippen molar-refractivity contribution in [3.63, 3.8) is 0 Å². The van der Waals surface area contributed by atoms with Crippen LogP contribution in [-0.2, 0) is 0 Å². The van der Waals surface area contributed by atoms with Crippen LogP contribution in [0.15, 0.2) is 0 Å². The fraction of sp³-hybridized carbons (Fsp3) is 0.556. The highest BCUT2D eigenvalue weighted by Crippen LogP contribution is 2.37. The van der Waals surface area contributed by atoms with Gasteiger partial charge < -0.3 is 10.8 Å². The van der Waals surface area contributed by atoms with Gasteiger partial charge in [-0.1, -0.05) is 12.8 Å². The molecule has 76 valence electrons. The maximum atomic E-state index is 10.7. The highest BCUT2D eigenvalue weighted by molar-refractivity contribution is 7.16. The Morgan fingerprint density at radius 2 is 2.14 bits per heavy atom. The minimum absolute atomic E-state index is 0.0249. The number of nitrogen functional groups attached to an aromatic ring is 1. The van der Waals surface area contributed by atoms with Gasteiger partial charge in [0.05, 0.1) is 5.01 Å². The molecule has 0 bridgehead atoms. The molecule has 0 atom stereocenters. The van der Waals surface area contributed by atoms with Crippen molar-refractivity contribution in [3.05, 3.63) is 10.7 Å². The van der Waals surface area contributed by atoms with Crippen LogP contribution in [0.2, 0.25) is 0 Å². The Morgan fingerprint density at radius 1 is 1.50 bits per heavy atom. The van der Waals surface area contributed by atoms with Gasteiger partial charge in [-0.05, 0) is 12.8 Å². The second-order valence-corrected chi connectivity index (χ2v) is 4.61. The molecule has 3 N–H and O–H groups in total. The van der Waals surface area contributed by atoms with Crippen molar-refractivity contribution in [2.45, 2.75) is 31.6 Å². The molecule has 0 saturated heterocycles. The lowest BCUT2D eigenvalue weighted by Crippen LogP contribution is -2.01. The van der Waals surface area contributed by atoms with Gasteiger partial charge in [-0.2, -0.15) is 0 Å². The largest absolute Gasteiger partial charge is 0.476 e. The summed E-state index contributed by atoms with van der Waals surface area (Å²) < 4.78 is 0. The Hall–Kier alpha value is -1.10. The average molecular weight is 212 g/mol. The summed E-state index contributed by atoms with van der Waals surface area (Å²) in [4.78, 5) is 14.8. The first-order valence-corrected chi connectivity index (χ1v) is 5.49. The molecule has 2 rings (SSSR count).